The van der Waals surface area contributed by atoms with Crippen LogP contribution >= 0.6 is 27.5 Å². The number of carbonyl (C=O) groups excluding carboxylic acids is 1. The minimum absolute atomic E-state index is 0.197. The standard InChI is InChI=1S/C15H14BrClN2O/c1-19(2)12-6-4-11(5-7-12)18-15(20)13-9-10(17)3-8-14(13)16/h3-9H,1-2H3,(H,18,20). The fourth-order valence-corrected chi connectivity index (χ4v) is 2.31. The van der Waals surface area contributed by atoms with Gasteiger partial charge in [-0.25, -0.2) is 0 Å². The topological polar surface area (TPSA) is 32.3 Å². The molecular formula is C15H14BrClN2O. The lowest BCUT2D eigenvalue weighted by atomic mass is 10.2. The van der Waals surface area contributed by atoms with Crippen LogP contribution in [0, 0.1) is 0 Å². The first-order chi connectivity index (χ1) is 9.47. The van der Waals surface area contributed by atoms with Crippen molar-refractivity contribution < 1.29 is 4.79 Å². The second-order valence-corrected chi connectivity index (χ2v) is 5.81. The van der Waals surface area contributed by atoms with Crippen molar-refractivity contribution in [3.8, 4) is 0 Å². The lowest BCUT2D eigenvalue weighted by molar-refractivity contribution is 0.102. The van der Waals surface area contributed by atoms with Crippen LogP contribution in [0.2, 0.25) is 5.02 Å². The molecule has 3 nitrogen and oxygen atoms in total. The van der Waals surface area contributed by atoms with Crippen LogP contribution in [0.15, 0.2) is 46.9 Å². The van der Waals surface area contributed by atoms with Crippen LogP contribution in [0.5, 0.6) is 0 Å². The Hall–Kier alpha value is -1.52. The number of carbonyl (C=O) groups is 1. The van der Waals surface area contributed by atoms with Crippen molar-refractivity contribution in [2.24, 2.45) is 0 Å². The molecule has 0 bridgehead atoms. The maximum atomic E-state index is 12.2. The van der Waals surface area contributed by atoms with E-state index >= 15 is 0 Å². The molecule has 20 heavy (non-hydrogen) atoms. The summed E-state index contributed by atoms with van der Waals surface area (Å²) in [5.41, 5.74) is 2.33. The van der Waals surface area contributed by atoms with Crippen molar-refractivity contribution in [3.63, 3.8) is 0 Å². The van der Waals surface area contributed by atoms with E-state index in [2.05, 4.69) is 21.2 Å². The lowest BCUT2D eigenvalue weighted by Crippen LogP contribution is -2.13. The summed E-state index contributed by atoms with van der Waals surface area (Å²) in [5.74, 6) is -0.197. The zero-order valence-electron chi connectivity index (χ0n) is 11.2. The average Bonchev–Trinajstić information content (AvgIpc) is 2.42. The highest BCUT2D eigenvalue weighted by molar-refractivity contribution is 9.10. The summed E-state index contributed by atoms with van der Waals surface area (Å²) in [7, 11) is 3.94. The van der Waals surface area contributed by atoms with Gasteiger partial charge in [0.15, 0.2) is 0 Å². The number of hydrogen-bond donors (Lipinski definition) is 1. The molecule has 0 aliphatic rings. The quantitative estimate of drug-likeness (QED) is 0.886. The SMILES string of the molecule is CN(C)c1ccc(NC(=O)c2cc(Cl)ccc2Br)cc1. The van der Waals surface area contributed by atoms with Gasteiger partial charge in [0.05, 0.1) is 5.56 Å². The molecule has 0 unspecified atom stereocenters. The third-order valence-electron chi connectivity index (χ3n) is 2.81. The first-order valence-corrected chi connectivity index (χ1v) is 7.18. The molecular weight excluding hydrogens is 340 g/mol. The van der Waals surface area contributed by atoms with Gasteiger partial charge < -0.3 is 10.2 Å². The zero-order chi connectivity index (χ0) is 14.7. The Morgan fingerprint density at radius 2 is 1.80 bits per heavy atom. The molecule has 1 N–H and O–H groups in total. The molecule has 2 aromatic carbocycles. The predicted octanol–water partition coefficient (Wildman–Crippen LogP) is 4.42. The summed E-state index contributed by atoms with van der Waals surface area (Å²) in [6.45, 7) is 0. The number of anilines is 2. The highest BCUT2D eigenvalue weighted by Crippen LogP contribution is 2.23. The summed E-state index contributed by atoms with van der Waals surface area (Å²) in [6.07, 6.45) is 0. The molecule has 0 aromatic heterocycles. The number of nitrogens with one attached hydrogen (secondary N) is 1. The maximum absolute atomic E-state index is 12.2. The maximum Gasteiger partial charge on any atom is 0.256 e. The van der Waals surface area contributed by atoms with Gasteiger partial charge in [-0.15, -0.1) is 0 Å². The molecule has 1 amide bonds. The molecule has 0 fully saturated rings. The van der Waals surface area contributed by atoms with E-state index in [0.29, 0.717) is 15.1 Å². The molecule has 0 atom stereocenters. The van der Waals surface area contributed by atoms with Gasteiger partial charge in [0.2, 0.25) is 0 Å². The molecule has 0 spiro atoms. The van der Waals surface area contributed by atoms with Crippen molar-refractivity contribution in [2.45, 2.75) is 0 Å². The van der Waals surface area contributed by atoms with Gasteiger partial charge in [0.1, 0.15) is 0 Å². The molecule has 2 aromatic rings. The van der Waals surface area contributed by atoms with Crippen molar-refractivity contribution in [1.82, 2.24) is 0 Å². The predicted molar refractivity (Wildman–Crippen MR) is 87.9 cm³/mol. The summed E-state index contributed by atoms with van der Waals surface area (Å²) in [4.78, 5) is 14.2. The Bertz CT molecular complexity index is 626. The summed E-state index contributed by atoms with van der Waals surface area (Å²) in [5, 5.41) is 3.38. The third-order valence-corrected chi connectivity index (χ3v) is 3.74. The smallest absolute Gasteiger partial charge is 0.256 e. The monoisotopic (exact) mass is 352 g/mol. The van der Waals surface area contributed by atoms with E-state index in [4.69, 9.17) is 11.6 Å². The normalized spacial score (nSPS) is 10.2. The summed E-state index contributed by atoms with van der Waals surface area (Å²) < 4.78 is 0.712. The van der Waals surface area contributed by atoms with Crippen LogP contribution in [-0.4, -0.2) is 20.0 Å². The average molecular weight is 354 g/mol. The minimum Gasteiger partial charge on any atom is -0.378 e. The minimum atomic E-state index is -0.197. The molecule has 0 radical (unpaired) electrons. The van der Waals surface area contributed by atoms with Gasteiger partial charge in [-0.05, 0) is 58.4 Å². The first-order valence-electron chi connectivity index (χ1n) is 6.01. The fraction of sp³-hybridized carbons (Fsp3) is 0.133. The van der Waals surface area contributed by atoms with Crippen molar-refractivity contribution in [3.05, 3.63) is 57.5 Å². The second kappa shape index (κ2) is 6.29. The zero-order valence-corrected chi connectivity index (χ0v) is 13.5. The molecule has 0 aliphatic carbocycles. The molecule has 104 valence electrons. The Morgan fingerprint density at radius 3 is 2.40 bits per heavy atom. The highest BCUT2D eigenvalue weighted by Gasteiger charge is 2.11. The van der Waals surface area contributed by atoms with Crippen LogP contribution < -0.4 is 10.2 Å². The Morgan fingerprint density at radius 1 is 1.15 bits per heavy atom. The number of amides is 1. The number of halogens is 2. The molecule has 0 saturated heterocycles. The Labute approximate surface area is 131 Å². The van der Waals surface area contributed by atoms with Crippen LogP contribution in [0.1, 0.15) is 10.4 Å². The number of nitrogens with zero attached hydrogens (tertiary/aromatic N) is 1. The van der Waals surface area contributed by atoms with E-state index in [0.717, 1.165) is 11.4 Å². The van der Waals surface area contributed by atoms with E-state index in [1.807, 2.05) is 43.3 Å². The van der Waals surface area contributed by atoms with E-state index < -0.39 is 0 Å². The van der Waals surface area contributed by atoms with Gasteiger partial charge in [-0.1, -0.05) is 11.6 Å². The summed E-state index contributed by atoms with van der Waals surface area (Å²) in [6, 6.07) is 12.7. The van der Waals surface area contributed by atoms with Gasteiger partial charge >= 0.3 is 0 Å². The largest absolute Gasteiger partial charge is 0.378 e. The molecule has 2 rings (SSSR count). The molecule has 0 heterocycles. The van der Waals surface area contributed by atoms with Crippen LogP contribution in [0.4, 0.5) is 11.4 Å². The van der Waals surface area contributed by atoms with Gasteiger partial charge in [-0.3, -0.25) is 4.79 Å². The lowest BCUT2D eigenvalue weighted by Gasteiger charge is -2.13. The van der Waals surface area contributed by atoms with Crippen LogP contribution in [0.3, 0.4) is 0 Å². The Balaban J connectivity index is 2.17. The molecule has 5 heteroatoms. The van der Waals surface area contributed by atoms with Gasteiger partial charge in [-0.2, -0.15) is 0 Å². The fourth-order valence-electron chi connectivity index (χ4n) is 1.71. The third kappa shape index (κ3) is 3.52. The number of rotatable bonds is 3. The molecule has 0 saturated carbocycles. The van der Waals surface area contributed by atoms with Crippen LogP contribution in [-0.2, 0) is 0 Å². The van der Waals surface area contributed by atoms with Crippen LogP contribution in [0.25, 0.3) is 0 Å². The number of benzene rings is 2. The summed E-state index contributed by atoms with van der Waals surface area (Å²) >= 11 is 9.26. The first kappa shape index (κ1) is 14.9. The highest BCUT2D eigenvalue weighted by atomic mass is 79.9. The van der Waals surface area contributed by atoms with Gasteiger partial charge in [0, 0.05) is 35.0 Å². The Kier molecular flexibility index (Phi) is 4.68. The molecule has 0 aliphatic heterocycles. The van der Waals surface area contributed by atoms with E-state index in [-0.39, 0.29) is 5.91 Å². The van der Waals surface area contributed by atoms with E-state index in [1.165, 1.54) is 0 Å². The van der Waals surface area contributed by atoms with E-state index in [9.17, 15) is 4.79 Å². The van der Waals surface area contributed by atoms with Crippen molar-refractivity contribution >= 4 is 44.8 Å². The van der Waals surface area contributed by atoms with Gasteiger partial charge in [0.25, 0.3) is 5.91 Å². The second-order valence-electron chi connectivity index (χ2n) is 4.52. The van der Waals surface area contributed by atoms with Crippen molar-refractivity contribution in [2.75, 3.05) is 24.3 Å². The van der Waals surface area contributed by atoms with E-state index in [1.54, 1.807) is 18.2 Å². The van der Waals surface area contributed by atoms with Crippen molar-refractivity contribution in [1.29, 1.82) is 0 Å². The number of hydrogen-bond acceptors (Lipinski definition) is 2.